The van der Waals surface area contributed by atoms with E-state index < -0.39 is 5.97 Å². The molecule has 0 N–H and O–H groups in total. The molecule has 2 rings (SSSR count). The Bertz CT molecular complexity index is 773. The molecule has 1 aromatic carbocycles. The number of nitrogens with zero attached hydrogens (tertiary/aromatic N) is 3. The van der Waals surface area contributed by atoms with Gasteiger partial charge in [0.25, 0.3) is 0 Å². The molecule has 0 atom stereocenters. The van der Waals surface area contributed by atoms with E-state index in [-0.39, 0.29) is 6.61 Å². The summed E-state index contributed by atoms with van der Waals surface area (Å²) < 4.78 is 5.34. The van der Waals surface area contributed by atoms with Gasteiger partial charge in [0.15, 0.2) is 0 Å². The van der Waals surface area contributed by atoms with Crippen LogP contribution in [0.1, 0.15) is 34.1 Å². The average molecular weight is 360 g/mol. The van der Waals surface area contributed by atoms with Gasteiger partial charge in [-0.2, -0.15) is 0 Å². The van der Waals surface area contributed by atoms with Gasteiger partial charge in [0.2, 0.25) is 0 Å². The Labute approximate surface area is 153 Å². The second-order valence-corrected chi connectivity index (χ2v) is 6.25. The van der Waals surface area contributed by atoms with Crippen molar-refractivity contribution in [3.8, 4) is 0 Å². The van der Waals surface area contributed by atoms with Crippen LogP contribution in [-0.2, 0) is 11.3 Å². The molecule has 0 saturated carbocycles. The number of carbonyl (C=O) groups excluding carboxylic acids is 1. The van der Waals surface area contributed by atoms with E-state index in [2.05, 4.69) is 9.98 Å². The molecule has 1 heterocycles. The number of esters is 1. The Hall–Kier alpha value is -2.40. The van der Waals surface area contributed by atoms with Crippen LogP contribution in [0.25, 0.3) is 0 Å². The minimum absolute atomic E-state index is 0.122. The molecule has 1 aromatic heterocycles. The number of hydrogen-bond acceptors (Lipinski definition) is 4. The summed E-state index contributed by atoms with van der Waals surface area (Å²) in [5.74, 6) is -0.428. The molecule has 0 amide bonds. The summed E-state index contributed by atoms with van der Waals surface area (Å²) >= 11 is 6.25. The van der Waals surface area contributed by atoms with E-state index in [0.29, 0.717) is 22.0 Å². The standard InChI is InChI=1S/C19H22ClN3O2/c1-5-23(4)12-22-18-8-14(3)16(9-17(18)20)19(24)25-11-15-7-6-13(2)10-21-15/h6-10,12H,5,11H2,1-4H3/b22-12+. The largest absolute Gasteiger partial charge is 0.456 e. The van der Waals surface area contributed by atoms with E-state index in [1.165, 1.54) is 0 Å². The summed E-state index contributed by atoms with van der Waals surface area (Å²) in [4.78, 5) is 22.8. The number of aromatic nitrogens is 1. The zero-order valence-electron chi connectivity index (χ0n) is 14.9. The van der Waals surface area contributed by atoms with Crippen LogP contribution in [0.15, 0.2) is 35.5 Å². The molecule has 0 saturated heterocycles. The predicted molar refractivity (Wildman–Crippen MR) is 101 cm³/mol. The van der Waals surface area contributed by atoms with Crippen LogP contribution < -0.4 is 0 Å². The Kier molecular flexibility index (Phi) is 6.53. The minimum atomic E-state index is -0.428. The third-order valence-electron chi connectivity index (χ3n) is 3.73. The first-order valence-electron chi connectivity index (χ1n) is 8.04. The van der Waals surface area contributed by atoms with Gasteiger partial charge in [-0.1, -0.05) is 17.7 Å². The lowest BCUT2D eigenvalue weighted by Gasteiger charge is -2.11. The SMILES string of the molecule is CCN(C)/C=N/c1cc(C)c(C(=O)OCc2ccc(C)cn2)cc1Cl. The van der Waals surface area contributed by atoms with E-state index in [1.807, 2.05) is 44.9 Å². The minimum Gasteiger partial charge on any atom is -0.456 e. The highest BCUT2D eigenvalue weighted by atomic mass is 35.5. The maximum atomic E-state index is 12.3. The molecular weight excluding hydrogens is 338 g/mol. The van der Waals surface area contributed by atoms with E-state index in [1.54, 1.807) is 24.7 Å². The lowest BCUT2D eigenvalue weighted by molar-refractivity contribution is 0.0467. The van der Waals surface area contributed by atoms with Crippen LogP contribution in [0.3, 0.4) is 0 Å². The molecule has 2 aromatic rings. The molecule has 6 heteroatoms. The topological polar surface area (TPSA) is 54.8 Å². The van der Waals surface area contributed by atoms with Crippen molar-refractivity contribution in [2.75, 3.05) is 13.6 Å². The second-order valence-electron chi connectivity index (χ2n) is 5.84. The number of pyridine rings is 1. The molecule has 0 radical (unpaired) electrons. The first-order chi connectivity index (χ1) is 11.9. The van der Waals surface area contributed by atoms with Gasteiger partial charge in [-0.3, -0.25) is 4.98 Å². The first-order valence-corrected chi connectivity index (χ1v) is 8.41. The van der Waals surface area contributed by atoms with Gasteiger partial charge in [-0.05, 0) is 50.1 Å². The normalized spacial score (nSPS) is 10.9. The summed E-state index contributed by atoms with van der Waals surface area (Å²) in [7, 11) is 1.93. The number of hydrogen-bond donors (Lipinski definition) is 0. The summed E-state index contributed by atoms with van der Waals surface area (Å²) in [5.41, 5.74) is 3.57. The van der Waals surface area contributed by atoms with Crippen LogP contribution in [0.5, 0.6) is 0 Å². The quantitative estimate of drug-likeness (QED) is 0.438. The van der Waals surface area contributed by atoms with Crippen molar-refractivity contribution in [2.45, 2.75) is 27.4 Å². The van der Waals surface area contributed by atoms with E-state index in [4.69, 9.17) is 16.3 Å². The number of halogens is 1. The van der Waals surface area contributed by atoms with Crippen LogP contribution in [0.4, 0.5) is 5.69 Å². The molecule has 0 spiro atoms. The molecule has 0 aliphatic carbocycles. The van der Waals surface area contributed by atoms with Gasteiger partial charge in [0.05, 0.1) is 28.3 Å². The number of aryl methyl sites for hydroxylation is 2. The van der Waals surface area contributed by atoms with Crippen molar-refractivity contribution in [1.82, 2.24) is 9.88 Å². The molecule has 0 aliphatic heterocycles. The highest BCUT2D eigenvalue weighted by molar-refractivity contribution is 6.33. The van der Waals surface area contributed by atoms with Gasteiger partial charge < -0.3 is 9.64 Å². The van der Waals surface area contributed by atoms with Crippen molar-refractivity contribution in [3.63, 3.8) is 0 Å². The van der Waals surface area contributed by atoms with Crippen molar-refractivity contribution in [1.29, 1.82) is 0 Å². The van der Waals surface area contributed by atoms with Crippen molar-refractivity contribution < 1.29 is 9.53 Å². The van der Waals surface area contributed by atoms with Crippen LogP contribution >= 0.6 is 11.6 Å². The number of benzene rings is 1. The third kappa shape index (κ3) is 5.29. The van der Waals surface area contributed by atoms with E-state index >= 15 is 0 Å². The lowest BCUT2D eigenvalue weighted by Crippen LogP contribution is -2.14. The maximum absolute atomic E-state index is 12.3. The summed E-state index contributed by atoms with van der Waals surface area (Å²) in [6, 6.07) is 7.15. The maximum Gasteiger partial charge on any atom is 0.338 e. The first kappa shape index (κ1) is 18.9. The molecule has 0 unspecified atom stereocenters. The summed E-state index contributed by atoms with van der Waals surface area (Å²) in [6.45, 7) is 6.78. The highest BCUT2D eigenvalue weighted by Gasteiger charge is 2.14. The fourth-order valence-corrected chi connectivity index (χ4v) is 2.24. The zero-order valence-corrected chi connectivity index (χ0v) is 15.7. The van der Waals surface area contributed by atoms with Crippen LogP contribution in [-0.4, -0.2) is 35.8 Å². The monoisotopic (exact) mass is 359 g/mol. The Balaban J connectivity index is 2.10. The van der Waals surface area contributed by atoms with Crippen molar-refractivity contribution in [3.05, 3.63) is 57.9 Å². The molecular formula is C19H22ClN3O2. The van der Waals surface area contributed by atoms with Gasteiger partial charge in [-0.25, -0.2) is 9.79 Å². The molecule has 0 bridgehead atoms. The number of aliphatic imine (C=N–C) groups is 1. The zero-order chi connectivity index (χ0) is 18.4. The molecule has 25 heavy (non-hydrogen) atoms. The van der Waals surface area contributed by atoms with Crippen LogP contribution in [0.2, 0.25) is 5.02 Å². The smallest absolute Gasteiger partial charge is 0.338 e. The molecule has 0 fully saturated rings. The van der Waals surface area contributed by atoms with Gasteiger partial charge in [-0.15, -0.1) is 0 Å². The second kappa shape index (κ2) is 8.62. The summed E-state index contributed by atoms with van der Waals surface area (Å²) in [5, 5.41) is 0.409. The molecule has 132 valence electrons. The van der Waals surface area contributed by atoms with E-state index in [9.17, 15) is 4.79 Å². The fourth-order valence-electron chi connectivity index (χ4n) is 2.03. The Morgan fingerprint density at radius 3 is 2.76 bits per heavy atom. The highest BCUT2D eigenvalue weighted by Crippen LogP contribution is 2.28. The van der Waals surface area contributed by atoms with E-state index in [0.717, 1.165) is 17.7 Å². The Morgan fingerprint density at radius 2 is 2.12 bits per heavy atom. The van der Waals surface area contributed by atoms with Gasteiger partial charge in [0.1, 0.15) is 6.61 Å². The predicted octanol–water partition coefficient (Wildman–Crippen LogP) is 4.32. The molecule has 0 aliphatic rings. The average Bonchev–Trinajstić information content (AvgIpc) is 2.61. The third-order valence-corrected chi connectivity index (χ3v) is 4.03. The van der Waals surface area contributed by atoms with Crippen molar-refractivity contribution in [2.24, 2.45) is 4.99 Å². The number of rotatable bonds is 6. The van der Waals surface area contributed by atoms with Gasteiger partial charge in [0, 0.05) is 19.8 Å². The summed E-state index contributed by atoms with van der Waals surface area (Å²) in [6.07, 6.45) is 3.45. The Morgan fingerprint density at radius 1 is 1.36 bits per heavy atom. The molecule has 5 nitrogen and oxygen atoms in total. The number of ether oxygens (including phenoxy) is 1. The lowest BCUT2D eigenvalue weighted by atomic mass is 10.1. The van der Waals surface area contributed by atoms with Crippen LogP contribution in [0, 0.1) is 13.8 Å². The van der Waals surface area contributed by atoms with Crippen molar-refractivity contribution >= 4 is 29.6 Å². The van der Waals surface area contributed by atoms with Gasteiger partial charge >= 0.3 is 5.97 Å². The fraction of sp³-hybridized carbons (Fsp3) is 0.316. The number of carbonyl (C=O) groups is 1.